The Labute approximate surface area is 170 Å². The number of halogens is 2. The number of imidazole rings is 2. The van der Waals surface area contributed by atoms with E-state index in [1.807, 2.05) is 25.2 Å². The molecule has 0 aliphatic rings. The van der Waals surface area contributed by atoms with Crippen LogP contribution in [0.1, 0.15) is 15.9 Å². The van der Waals surface area contributed by atoms with Crippen LogP contribution in [0.3, 0.4) is 0 Å². The number of carbonyl (C=O) groups excluding carboxylic acids is 1. The number of methoxy groups -OCH3 is 1. The Hall–Kier alpha value is -3.73. The number of nitrogens with two attached hydrogens (primary N) is 2. The van der Waals surface area contributed by atoms with Gasteiger partial charge >= 0.3 is 5.97 Å². The average molecular weight is 420 g/mol. The summed E-state index contributed by atoms with van der Waals surface area (Å²) in [6.07, 6.45) is 0. The van der Waals surface area contributed by atoms with Gasteiger partial charge in [-0.2, -0.15) is 0 Å². The smallest absolute Gasteiger partial charge is 0.340 e. The van der Waals surface area contributed by atoms with Gasteiger partial charge in [-0.25, -0.2) is 14.8 Å². The molecule has 0 amide bonds. The van der Waals surface area contributed by atoms with Gasteiger partial charge in [0.15, 0.2) is 0 Å². The predicted molar refractivity (Wildman–Crippen MR) is 110 cm³/mol. The summed E-state index contributed by atoms with van der Waals surface area (Å²) in [5.74, 6) is 0.459. The number of rotatable bonds is 2. The van der Waals surface area contributed by atoms with Gasteiger partial charge in [0.1, 0.15) is 0 Å². The second kappa shape index (κ2) is 9.65. The molecule has 0 atom stereocenters. The van der Waals surface area contributed by atoms with Crippen LogP contribution < -0.4 is 11.5 Å². The number of aliphatic hydroxyl groups excluding tert-OH is 1. The predicted octanol–water partition coefficient (Wildman–Crippen LogP) is 2.43. The largest absolute Gasteiger partial charge is 0.465 e. The molecule has 2 aromatic heterocycles. The fraction of sp³-hybridized carbons (Fsp3) is 0.211. The molecule has 0 aliphatic heterocycles. The average Bonchev–Trinajstić information content (AvgIpc) is 3.24. The SMILES string of the molecule is COC(=O)c1cccc2nc(N)n(C)c12.Cn1c(N)nc2cccc(CO)c21.FF. The van der Waals surface area contributed by atoms with Crippen LogP contribution in [-0.2, 0) is 25.4 Å². The van der Waals surface area contributed by atoms with Crippen molar-refractivity contribution >= 4 is 39.9 Å². The third-order valence-electron chi connectivity index (χ3n) is 4.52. The summed E-state index contributed by atoms with van der Waals surface area (Å²) < 4.78 is 24.1. The highest BCUT2D eigenvalue weighted by Gasteiger charge is 2.15. The molecule has 0 fully saturated rings. The van der Waals surface area contributed by atoms with Gasteiger partial charge in [0.05, 0.1) is 41.3 Å². The van der Waals surface area contributed by atoms with Gasteiger partial charge in [-0.3, -0.25) is 0 Å². The third kappa shape index (κ3) is 4.15. The van der Waals surface area contributed by atoms with Crippen LogP contribution >= 0.6 is 0 Å². The minimum Gasteiger partial charge on any atom is -0.465 e. The number of aryl methyl sites for hydroxylation is 2. The van der Waals surface area contributed by atoms with Crippen LogP contribution in [0.2, 0.25) is 0 Å². The van der Waals surface area contributed by atoms with E-state index >= 15 is 0 Å². The summed E-state index contributed by atoms with van der Waals surface area (Å²) >= 11 is 0. The van der Waals surface area contributed by atoms with Crippen LogP contribution in [0.25, 0.3) is 22.1 Å². The fourth-order valence-corrected chi connectivity index (χ4v) is 3.06. The maximum absolute atomic E-state index is 11.5. The molecule has 0 bridgehead atoms. The lowest BCUT2D eigenvalue weighted by Crippen LogP contribution is -2.05. The van der Waals surface area contributed by atoms with Crippen molar-refractivity contribution in [2.75, 3.05) is 18.6 Å². The van der Waals surface area contributed by atoms with Crippen LogP contribution in [-0.4, -0.2) is 37.3 Å². The van der Waals surface area contributed by atoms with E-state index < -0.39 is 0 Å². The van der Waals surface area contributed by atoms with Crippen molar-refractivity contribution in [2.45, 2.75) is 6.61 Å². The molecule has 0 spiro atoms. The number of para-hydroxylation sites is 2. The molecule has 0 saturated heterocycles. The fourth-order valence-electron chi connectivity index (χ4n) is 3.06. The van der Waals surface area contributed by atoms with Crippen LogP contribution in [0.15, 0.2) is 36.4 Å². The van der Waals surface area contributed by atoms with E-state index in [4.69, 9.17) is 25.7 Å². The molecule has 2 heterocycles. The second-order valence-corrected chi connectivity index (χ2v) is 6.17. The lowest BCUT2D eigenvalue weighted by molar-refractivity contribution is 0.0602. The van der Waals surface area contributed by atoms with E-state index in [-0.39, 0.29) is 12.6 Å². The first-order valence-electron chi connectivity index (χ1n) is 8.63. The Morgan fingerprint density at radius 1 is 1.00 bits per heavy atom. The number of benzene rings is 2. The molecular weight excluding hydrogens is 398 g/mol. The first kappa shape index (κ1) is 22.6. The number of aromatic nitrogens is 4. The van der Waals surface area contributed by atoms with Gasteiger partial charge < -0.3 is 30.4 Å². The number of esters is 1. The van der Waals surface area contributed by atoms with Crippen molar-refractivity contribution in [3.63, 3.8) is 0 Å². The molecule has 4 aromatic rings. The van der Waals surface area contributed by atoms with Crippen molar-refractivity contribution in [1.29, 1.82) is 0 Å². The Kier molecular flexibility index (Phi) is 7.26. The Bertz CT molecular complexity index is 1170. The molecule has 0 radical (unpaired) electrons. The Balaban J connectivity index is 0.000000199. The number of nitrogens with zero attached hydrogens (tertiary/aromatic N) is 4. The van der Waals surface area contributed by atoms with Crippen molar-refractivity contribution in [3.05, 3.63) is 47.5 Å². The maximum atomic E-state index is 11.5. The highest BCUT2D eigenvalue weighted by atomic mass is 20.0. The maximum Gasteiger partial charge on any atom is 0.340 e. The molecular formula is C19H22F2N6O3. The molecule has 5 N–H and O–H groups in total. The molecule has 9 nitrogen and oxygen atoms in total. The van der Waals surface area contributed by atoms with Crippen molar-refractivity contribution in [3.8, 4) is 0 Å². The standard InChI is InChI=1S/C10H11N3O2.C9H11N3O.F2/c1-13-8-6(9(14)15-2)4-3-5-7(8)12-10(13)11;1-12-8-6(5-13)3-2-4-7(8)11-9(12)10;1-2/h3-5H,1-2H3,(H2,11,12);2-4,13H,5H2,1H3,(H2,10,11);. The molecule has 0 unspecified atom stereocenters. The quantitative estimate of drug-likeness (QED) is 0.424. The molecule has 0 saturated carbocycles. The summed E-state index contributed by atoms with van der Waals surface area (Å²) in [5.41, 5.74) is 15.8. The molecule has 0 aliphatic carbocycles. The zero-order valence-electron chi connectivity index (χ0n) is 16.6. The van der Waals surface area contributed by atoms with E-state index in [1.54, 1.807) is 34.4 Å². The highest BCUT2D eigenvalue weighted by molar-refractivity contribution is 6.02. The van der Waals surface area contributed by atoms with Gasteiger partial charge in [-0.05, 0) is 18.2 Å². The summed E-state index contributed by atoms with van der Waals surface area (Å²) in [6.45, 7) is 0.0102. The third-order valence-corrected chi connectivity index (χ3v) is 4.52. The normalized spacial score (nSPS) is 10.2. The van der Waals surface area contributed by atoms with Crippen molar-refractivity contribution < 1.29 is 23.8 Å². The minimum atomic E-state index is -0.386. The number of anilines is 2. The van der Waals surface area contributed by atoms with E-state index in [0.29, 0.717) is 28.5 Å². The zero-order chi connectivity index (χ0) is 22.4. The van der Waals surface area contributed by atoms with E-state index in [1.165, 1.54) is 7.11 Å². The number of fused-ring (bicyclic) bond motifs is 2. The zero-order valence-corrected chi connectivity index (χ0v) is 16.6. The molecule has 4 rings (SSSR count). The number of aliphatic hydroxyl groups is 1. The summed E-state index contributed by atoms with van der Waals surface area (Å²) in [7, 11) is 4.95. The van der Waals surface area contributed by atoms with Crippen LogP contribution in [0.4, 0.5) is 21.0 Å². The summed E-state index contributed by atoms with van der Waals surface area (Å²) in [5, 5.41) is 9.09. The lowest BCUT2D eigenvalue weighted by atomic mass is 10.2. The Morgan fingerprint density at radius 3 is 2.03 bits per heavy atom. The van der Waals surface area contributed by atoms with Crippen LogP contribution in [0, 0.1) is 0 Å². The van der Waals surface area contributed by atoms with Gasteiger partial charge in [-0.15, -0.1) is 0 Å². The van der Waals surface area contributed by atoms with Crippen molar-refractivity contribution in [2.24, 2.45) is 14.1 Å². The number of ether oxygens (including phenoxy) is 1. The van der Waals surface area contributed by atoms with Gasteiger partial charge in [0.2, 0.25) is 11.9 Å². The number of nitrogen functional groups attached to an aromatic ring is 2. The summed E-state index contributed by atoms with van der Waals surface area (Å²) in [6, 6.07) is 10.9. The van der Waals surface area contributed by atoms with Gasteiger partial charge in [0, 0.05) is 28.8 Å². The van der Waals surface area contributed by atoms with Crippen LogP contribution in [0.5, 0.6) is 0 Å². The molecule has 11 heteroatoms. The molecule has 30 heavy (non-hydrogen) atoms. The summed E-state index contributed by atoms with van der Waals surface area (Å²) in [4.78, 5) is 19.8. The second-order valence-electron chi connectivity index (χ2n) is 6.17. The van der Waals surface area contributed by atoms with Gasteiger partial charge in [-0.1, -0.05) is 18.2 Å². The first-order chi connectivity index (χ1) is 14.4. The number of hydrogen-bond donors (Lipinski definition) is 3. The van der Waals surface area contributed by atoms with E-state index in [2.05, 4.69) is 14.7 Å². The van der Waals surface area contributed by atoms with Crippen molar-refractivity contribution in [1.82, 2.24) is 19.1 Å². The molecule has 160 valence electrons. The first-order valence-corrected chi connectivity index (χ1v) is 8.63. The monoisotopic (exact) mass is 420 g/mol. The topological polar surface area (TPSA) is 134 Å². The van der Waals surface area contributed by atoms with E-state index in [0.717, 1.165) is 16.6 Å². The Morgan fingerprint density at radius 2 is 1.50 bits per heavy atom. The number of carbonyl (C=O) groups is 1. The minimum absolute atomic E-state index is 0.0102. The molecule has 2 aromatic carbocycles. The number of hydrogen-bond acceptors (Lipinski definition) is 7. The van der Waals surface area contributed by atoms with E-state index in [9.17, 15) is 4.79 Å². The lowest BCUT2D eigenvalue weighted by Gasteiger charge is -2.02. The van der Waals surface area contributed by atoms with Gasteiger partial charge in [0.25, 0.3) is 0 Å². The highest BCUT2D eigenvalue weighted by Crippen LogP contribution is 2.21.